The van der Waals surface area contributed by atoms with Crippen LogP contribution in [0.3, 0.4) is 0 Å². The third-order valence-corrected chi connectivity index (χ3v) is 2.33. The molecule has 2 aromatic rings. The van der Waals surface area contributed by atoms with Crippen LogP contribution in [0.4, 0.5) is 10.1 Å². The summed E-state index contributed by atoms with van der Waals surface area (Å²) in [6.07, 6.45) is 0. The van der Waals surface area contributed by atoms with Crippen LogP contribution in [0.25, 0.3) is 0 Å². The summed E-state index contributed by atoms with van der Waals surface area (Å²) < 4.78 is 14.0. The number of aromatic nitrogens is 3. The Balaban J connectivity index is 2.02. The molecule has 6 heteroatoms. The van der Waals surface area contributed by atoms with Crippen molar-refractivity contribution in [3.8, 4) is 0 Å². The van der Waals surface area contributed by atoms with Gasteiger partial charge >= 0.3 is 5.69 Å². The minimum atomic E-state index is -0.279. The summed E-state index contributed by atoms with van der Waals surface area (Å²) in [6, 6.07) is 6.00. The van der Waals surface area contributed by atoms with Gasteiger partial charge < -0.3 is 5.32 Å². The Hall–Kier alpha value is -2.11. The average molecular weight is 236 g/mol. The highest BCUT2D eigenvalue weighted by Gasteiger charge is 2.02. The zero-order chi connectivity index (χ0) is 12.3. The van der Waals surface area contributed by atoms with Crippen LogP contribution < -0.4 is 11.0 Å². The topological polar surface area (TPSA) is 62.7 Å². The molecule has 0 atom stereocenters. The molecular formula is C11H13FN4O. The van der Waals surface area contributed by atoms with Crippen molar-refractivity contribution in [3.63, 3.8) is 0 Å². The van der Waals surface area contributed by atoms with Gasteiger partial charge in [0.2, 0.25) is 0 Å². The van der Waals surface area contributed by atoms with Crippen molar-refractivity contribution in [2.45, 2.75) is 20.0 Å². The number of hydrogen-bond donors (Lipinski definition) is 2. The third kappa shape index (κ3) is 2.72. The van der Waals surface area contributed by atoms with Crippen LogP contribution in [0.1, 0.15) is 12.7 Å². The summed E-state index contributed by atoms with van der Waals surface area (Å²) in [7, 11) is 0. The van der Waals surface area contributed by atoms with Crippen LogP contribution >= 0.6 is 0 Å². The maximum Gasteiger partial charge on any atom is 0.343 e. The second-order valence-corrected chi connectivity index (χ2v) is 3.55. The Kier molecular flexibility index (Phi) is 3.22. The van der Waals surface area contributed by atoms with E-state index in [2.05, 4.69) is 15.4 Å². The predicted molar refractivity (Wildman–Crippen MR) is 62.2 cm³/mol. The van der Waals surface area contributed by atoms with Crippen LogP contribution in [0.2, 0.25) is 0 Å². The quantitative estimate of drug-likeness (QED) is 0.842. The van der Waals surface area contributed by atoms with Gasteiger partial charge in [0.25, 0.3) is 0 Å². The van der Waals surface area contributed by atoms with E-state index in [0.29, 0.717) is 18.9 Å². The molecule has 0 aliphatic rings. The summed E-state index contributed by atoms with van der Waals surface area (Å²) in [5, 5.41) is 7.11. The second kappa shape index (κ2) is 4.82. The number of benzene rings is 1. The number of anilines is 1. The van der Waals surface area contributed by atoms with Crippen molar-refractivity contribution in [2.24, 2.45) is 0 Å². The highest BCUT2D eigenvalue weighted by molar-refractivity contribution is 5.42. The molecule has 0 saturated heterocycles. The highest BCUT2D eigenvalue weighted by Crippen LogP contribution is 2.08. The van der Waals surface area contributed by atoms with Crippen molar-refractivity contribution in [3.05, 3.63) is 46.4 Å². The lowest BCUT2D eigenvalue weighted by Crippen LogP contribution is -2.16. The Labute approximate surface area is 97.3 Å². The molecule has 0 fully saturated rings. The fourth-order valence-electron chi connectivity index (χ4n) is 1.45. The van der Waals surface area contributed by atoms with Crippen molar-refractivity contribution in [1.29, 1.82) is 0 Å². The number of aryl methyl sites for hydroxylation is 1. The zero-order valence-electron chi connectivity index (χ0n) is 9.40. The molecule has 5 nitrogen and oxygen atoms in total. The van der Waals surface area contributed by atoms with Crippen LogP contribution in [-0.4, -0.2) is 14.8 Å². The monoisotopic (exact) mass is 236 g/mol. The average Bonchev–Trinajstić information content (AvgIpc) is 2.69. The maximum absolute atomic E-state index is 12.7. The maximum atomic E-state index is 12.7. The van der Waals surface area contributed by atoms with Crippen LogP contribution in [-0.2, 0) is 13.1 Å². The standard InChI is InChI=1S/C11H13FN4O/c1-2-16-11(17)14-10(15-16)7-13-9-5-3-8(12)4-6-9/h3-6,13H,2,7H2,1H3,(H,14,15,17). The fourth-order valence-corrected chi connectivity index (χ4v) is 1.45. The van der Waals surface area contributed by atoms with E-state index in [9.17, 15) is 9.18 Å². The summed E-state index contributed by atoms with van der Waals surface area (Å²) >= 11 is 0. The molecule has 0 spiro atoms. The molecule has 0 aliphatic heterocycles. The number of rotatable bonds is 4. The van der Waals surface area contributed by atoms with Gasteiger partial charge in [0.15, 0.2) is 0 Å². The first-order chi connectivity index (χ1) is 8.19. The molecule has 0 radical (unpaired) electrons. The zero-order valence-corrected chi connectivity index (χ0v) is 9.40. The van der Waals surface area contributed by atoms with E-state index in [1.165, 1.54) is 16.8 Å². The molecule has 1 aromatic carbocycles. The van der Waals surface area contributed by atoms with Gasteiger partial charge in [0, 0.05) is 12.2 Å². The summed E-state index contributed by atoms with van der Waals surface area (Å²) in [6.45, 7) is 2.78. The minimum absolute atomic E-state index is 0.219. The molecule has 90 valence electrons. The Morgan fingerprint density at radius 1 is 1.41 bits per heavy atom. The Bertz CT molecular complexity index is 543. The molecule has 0 amide bonds. The van der Waals surface area contributed by atoms with Gasteiger partial charge in [0.1, 0.15) is 11.6 Å². The van der Waals surface area contributed by atoms with E-state index in [4.69, 9.17) is 0 Å². The molecule has 0 unspecified atom stereocenters. The smallest absolute Gasteiger partial charge is 0.343 e. The number of nitrogens with one attached hydrogen (secondary N) is 2. The Morgan fingerprint density at radius 2 is 2.12 bits per heavy atom. The van der Waals surface area contributed by atoms with Gasteiger partial charge in [-0.15, -0.1) is 0 Å². The molecule has 0 bridgehead atoms. The van der Waals surface area contributed by atoms with E-state index in [-0.39, 0.29) is 11.5 Å². The molecular weight excluding hydrogens is 223 g/mol. The third-order valence-electron chi connectivity index (χ3n) is 2.33. The van der Waals surface area contributed by atoms with Crippen molar-refractivity contribution >= 4 is 5.69 Å². The van der Waals surface area contributed by atoms with E-state index in [0.717, 1.165) is 5.69 Å². The molecule has 1 aromatic heterocycles. The number of H-pyrrole nitrogens is 1. The van der Waals surface area contributed by atoms with Crippen molar-refractivity contribution < 1.29 is 4.39 Å². The lowest BCUT2D eigenvalue weighted by molar-refractivity contribution is 0.626. The van der Waals surface area contributed by atoms with Crippen LogP contribution in [0.5, 0.6) is 0 Å². The van der Waals surface area contributed by atoms with Gasteiger partial charge in [-0.25, -0.2) is 13.9 Å². The van der Waals surface area contributed by atoms with E-state index in [1.54, 1.807) is 12.1 Å². The molecule has 17 heavy (non-hydrogen) atoms. The largest absolute Gasteiger partial charge is 0.378 e. The molecule has 0 saturated carbocycles. The van der Waals surface area contributed by atoms with Crippen molar-refractivity contribution in [1.82, 2.24) is 14.8 Å². The lowest BCUT2D eigenvalue weighted by Gasteiger charge is -2.03. The normalized spacial score (nSPS) is 10.5. The number of nitrogens with zero attached hydrogens (tertiary/aromatic N) is 2. The summed E-state index contributed by atoms with van der Waals surface area (Å²) in [5.74, 6) is 0.278. The van der Waals surface area contributed by atoms with Crippen LogP contribution in [0.15, 0.2) is 29.1 Å². The molecule has 0 aliphatic carbocycles. The van der Waals surface area contributed by atoms with Gasteiger partial charge in [0.05, 0.1) is 6.54 Å². The molecule has 2 rings (SSSR count). The predicted octanol–water partition coefficient (Wildman–Crippen LogP) is 1.34. The van der Waals surface area contributed by atoms with Crippen molar-refractivity contribution in [2.75, 3.05) is 5.32 Å². The number of aromatic amines is 1. The van der Waals surface area contributed by atoms with Gasteiger partial charge in [-0.3, -0.25) is 4.98 Å². The van der Waals surface area contributed by atoms with Crippen LogP contribution in [0, 0.1) is 5.82 Å². The fraction of sp³-hybridized carbons (Fsp3) is 0.273. The highest BCUT2D eigenvalue weighted by atomic mass is 19.1. The second-order valence-electron chi connectivity index (χ2n) is 3.55. The Morgan fingerprint density at radius 3 is 2.71 bits per heavy atom. The first-order valence-electron chi connectivity index (χ1n) is 5.34. The number of halogens is 1. The summed E-state index contributed by atoms with van der Waals surface area (Å²) in [5.41, 5.74) is 0.557. The SMILES string of the molecule is CCn1nc(CNc2ccc(F)cc2)[nH]c1=O. The van der Waals surface area contributed by atoms with Gasteiger partial charge in [-0.2, -0.15) is 5.10 Å². The lowest BCUT2D eigenvalue weighted by atomic mass is 10.3. The first kappa shape index (κ1) is 11.4. The number of hydrogen-bond acceptors (Lipinski definition) is 3. The molecule has 2 N–H and O–H groups in total. The minimum Gasteiger partial charge on any atom is -0.378 e. The van der Waals surface area contributed by atoms with E-state index in [1.807, 2.05) is 6.92 Å². The van der Waals surface area contributed by atoms with E-state index >= 15 is 0 Å². The van der Waals surface area contributed by atoms with E-state index < -0.39 is 0 Å². The molecule has 1 heterocycles. The first-order valence-corrected chi connectivity index (χ1v) is 5.34. The van der Waals surface area contributed by atoms with Gasteiger partial charge in [-0.05, 0) is 31.2 Å². The van der Waals surface area contributed by atoms with Gasteiger partial charge in [-0.1, -0.05) is 0 Å². The summed E-state index contributed by atoms with van der Waals surface area (Å²) in [4.78, 5) is 13.9.